The first-order chi connectivity index (χ1) is 18.1. The number of hydrogen-bond acceptors (Lipinski definition) is 6. The maximum absolute atomic E-state index is 6.39. The van der Waals surface area contributed by atoms with Crippen LogP contribution in [-0.4, -0.2) is 33.5 Å². The summed E-state index contributed by atoms with van der Waals surface area (Å²) >= 11 is 1.80. The molecule has 0 unspecified atom stereocenters. The van der Waals surface area contributed by atoms with Crippen LogP contribution >= 0.6 is 11.3 Å². The summed E-state index contributed by atoms with van der Waals surface area (Å²) in [4.78, 5) is 13.3. The van der Waals surface area contributed by atoms with Crippen molar-refractivity contribution >= 4 is 17.2 Å². The van der Waals surface area contributed by atoms with Gasteiger partial charge in [0.05, 0.1) is 15.6 Å². The molecule has 0 radical (unpaired) electrons. The first-order valence-electron chi connectivity index (χ1n) is 14.3. The van der Waals surface area contributed by atoms with Gasteiger partial charge >= 0.3 is 0 Å². The minimum Gasteiger partial charge on any atom is -0.485 e. The van der Waals surface area contributed by atoms with Crippen LogP contribution in [0.5, 0.6) is 5.75 Å². The highest BCUT2D eigenvalue weighted by atomic mass is 32.1. The highest BCUT2D eigenvalue weighted by Gasteiger charge is 2.30. The number of nitrogen functional groups attached to an aromatic ring is 1. The van der Waals surface area contributed by atoms with Gasteiger partial charge in [-0.1, -0.05) is 59.7 Å². The second-order valence-electron chi connectivity index (χ2n) is 14.1. The van der Waals surface area contributed by atoms with Gasteiger partial charge in [0.15, 0.2) is 11.6 Å². The summed E-state index contributed by atoms with van der Waals surface area (Å²) in [7, 11) is 0. The predicted octanol–water partition coefficient (Wildman–Crippen LogP) is 8.25. The number of hydrogen-bond donors (Lipinski definition) is 1. The van der Waals surface area contributed by atoms with Gasteiger partial charge in [-0.3, -0.25) is 4.90 Å². The van der Waals surface area contributed by atoms with Gasteiger partial charge in [0.1, 0.15) is 6.61 Å². The number of benzene rings is 1. The third-order valence-electron chi connectivity index (χ3n) is 7.84. The number of aryl methyl sites for hydroxylation is 1. The average molecular weight is 549 g/mol. The molecule has 4 rings (SSSR count). The van der Waals surface area contributed by atoms with Crippen molar-refractivity contribution < 1.29 is 4.74 Å². The lowest BCUT2D eigenvalue weighted by atomic mass is 9.73. The lowest BCUT2D eigenvalue weighted by Gasteiger charge is -2.40. The van der Waals surface area contributed by atoms with Crippen molar-refractivity contribution in [2.24, 2.45) is 0 Å². The number of anilines is 1. The Hall–Kier alpha value is -2.44. The molecular formula is C33H48N4OS. The molecule has 5 nitrogen and oxygen atoms in total. The third-order valence-corrected chi connectivity index (χ3v) is 9.21. The molecule has 6 heteroatoms. The number of thiazole rings is 1. The SMILES string of the molecule is Cc1nc(C2CCN(C(C)(C)C)CC2)sc1-c1cnc(N)c(OCc2cccc(C(C)(C)C)c2C(C)(C)C)c1. The zero-order chi connectivity index (χ0) is 28.8. The third kappa shape index (κ3) is 6.66. The van der Waals surface area contributed by atoms with Gasteiger partial charge in [-0.25, -0.2) is 9.97 Å². The van der Waals surface area contributed by atoms with Crippen molar-refractivity contribution in [3.63, 3.8) is 0 Å². The molecule has 0 atom stereocenters. The van der Waals surface area contributed by atoms with E-state index < -0.39 is 0 Å². The van der Waals surface area contributed by atoms with Gasteiger partial charge in [0, 0.05) is 23.2 Å². The molecule has 2 N–H and O–H groups in total. The molecule has 39 heavy (non-hydrogen) atoms. The molecule has 0 spiro atoms. The van der Waals surface area contributed by atoms with Gasteiger partial charge in [-0.15, -0.1) is 11.3 Å². The van der Waals surface area contributed by atoms with E-state index in [4.69, 9.17) is 15.5 Å². The van der Waals surface area contributed by atoms with E-state index in [0.29, 0.717) is 24.1 Å². The number of pyridine rings is 1. The van der Waals surface area contributed by atoms with Gasteiger partial charge in [0.2, 0.25) is 0 Å². The zero-order valence-corrected chi connectivity index (χ0v) is 26.6. The van der Waals surface area contributed by atoms with Gasteiger partial charge in [0.25, 0.3) is 0 Å². The topological polar surface area (TPSA) is 64.3 Å². The molecule has 212 valence electrons. The highest BCUT2D eigenvalue weighted by Crippen LogP contribution is 2.40. The molecule has 0 aliphatic carbocycles. The number of likely N-dealkylation sites (tertiary alicyclic amines) is 1. The molecule has 1 fully saturated rings. The molecule has 1 aliphatic heterocycles. The van der Waals surface area contributed by atoms with Crippen molar-refractivity contribution in [2.75, 3.05) is 18.8 Å². The quantitative estimate of drug-likeness (QED) is 0.348. The monoisotopic (exact) mass is 548 g/mol. The largest absolute Gasteiger partial charge is 0.485 e. The molecule has 0 saturated carbocycles. The van der Waals surface area contributed by atoms with E-state index in [9.17, 15) is 0 Å². The predicted molar refractivity (Wildman–Crippen MR) is 166 cm³/mol. The molecule has 1 aliphatic rings. The fourth-order valence-electron chi connectivity index (χ4n) is 5.74. The van der Waals surface area contributed by atoms with E-state index in [-0.39, 0.29) is 16.4 Å². The minimum absolute atomic E-state index is 0.00656. The standard InChI is InChI=1S/C33H48N4OS/c1-21-28(39-30(36-21)22-14-16-37(17-15-22)33(8,9)10)24-18-26(29(34)35-19-24)38-20-23-12-11-13-25(31(2,3)4)27(23)32(5,6)7/h11-13,18-19,22H,14-17,20H2,1-10H3,(H2,34,35). The fraction of sp³-hybridized carbons (Fsp3) is 0.576. The first-order valence-corrected chi connectivity index (χ1v) is 15.1. The van der Waals surface area contributed by atoms with Crippen molar-refractivity contribution in [3.05, 3.63) is 57.9 Å². The van der Waals surface area contributed by atoms with E-state index in [2.05, 4.69) is 97.3 Å². The molecule has 0 bridgehead atoms. The van der Waals surface area contributed by atoms with Crippen molar-refractivity contribution in [1.29, 1.82) is 0 Å². The average Bonchev–Trinajstić information content (AvgIpc) is 3.23. The molecule has 3 heterocycles. The van der Waals surface area contributed by atoms with Crippen LogP contribution in [0.3, 0.4) is 0 Å². The van der Waals surface area contributed by atoms with Crippen LogP contribution in [-0.2, 0) is 17.4 Å². The van der Waals surface area contributed by atoms with Crippen LogP contribution in [0.15, 0.2) is 30.5 Å². The van der Waals surface area contributed by atoms with Crippen molar-refractivity contribution in [2.45, 2.75) is 111 Å². The van der Waals surface area contributed by atoms with Crippen molar-refractivity contribution in [3.8, 4) is 16.2 Å². The zero-order valence-electron chi connectivity index (χ0n) is 25.7. The first kappa shape index (κ1) is 29.5. The summed E-state index contributed by atoms with van der Waals surface area (Å²) in [6.07, 6.45) is 4.17. The van der Waals surface area contributed by atoms with E-state index >= 15 is 0 Å². The van der Waals surface area contributed by atoms with Gasteiger partial charge < -0.3 is 10.5 Å². The Balaban J connectivity index is 1.56. The van der Waals surface area contributed by atoms with E-state index in [1.807, 2.05) is 12.3 Å². The Morgan fingerprint density at radius 2 is 1.67 bits per heavy atom. The smallest absolute Gasteiger partial charge is 0.166 e. The molecular weight excluding hydrogens is 500 g/mol. The van der Waals surface area contributed by atoms with Crippen LogP contribution < -0.4 is 10.5 Å². The highest BCUT2D eigenvalue weighted by molar-refractivity contribution is 7.15. The van der Waals surface area contributed by atoms with Crippen LogP contribution in [0, 0.1) is 6.92 Å². The number of piperidine rings is 1. The summed E-state index contributed by atoms with van der Waals surface area (Å²) in [5.41, 5.74) is 12.5. The maximum atomic E-state index is 6.39. The lowest BCUT2D eigenvalue weighted by Crippen LogP contribution is -2.45. The Morgan fingerprint density at radius 3 is 2.26 bits per heavy atom. The van der Waals surface area contributed by atoms with Crippen molar-refractivity contribution in [1.82, 2.24) is 14.9 Å². The summed E-state index contributed by atoms with van der Waals surface area (Å²) in [6.45, 7) is 25.3. The van der Waals surface area contributed by atoms with Crippen LogP contribution in [0.1, 0.15) is 108 Å². The molecule has 1 aromatic carbocycles. The second kappa shape index (κ2) is 10.9. The van der Waals surface area contributed by atoms with Crippen LogP contribution in [0.2, 0.25) is 0 Å². The Labute approximate surface area is 240 Å². The molecule has 1 saturated heterocycles. The summed E-state index contributed by atoms with van der Waals surface area (Å²) < 4.78 is 6.39. The van der Waals surface area contributed by atoms with Crippen LogP contribution in [0.25, 0.3) is 10.4 Å². The normalized spacial score (nSPS) is 16.1. The van der Waals surface area contributed by atoms with Crippen LogP contribution in [0.4, 0.5) is 5.82 Å². The summed E-state index contributed by atoms with van der Waals surface area (Å²) in [5, 5.41) is 1.24. The Morgan fingerprint density at radius 1 is 1.00 bits per heavy atom. The Bertz CT molecular complexity index is 1300. The maximum Gasteiger partial charge on any atom is 0.166 e. The number of aromatic nitrogens is 2. The Kier molecular flexibility index (Phi) is 8.22. The molecule has 3 aromatic rings. The summed E-state index contributed by atoms with van der Waals surface area (Å²) in [6, 6.07) is 8.60. The van der Waals surface area contributed by atoms with E-state index in [1.54, 1.807) is 11.3 Å². The number of nitrogens with two attached hydrogens (primary N) is 1. The lowest BCUT2D eigenvalue weighted by molar-refractivity contribution is 0.102. The minimum atomic E-state index is -0.00656. The van der Waals surface area contributed by atoms with Gasteiger partial charge in [-0.05, 0) is 87.2 Å². The second-order valence-corrected chi connectivity index (χ2v) is 15.2. The molecule has 0 amide bonds. The summed E-state index contributed by atoms with van der Waals surface area (Å²) in [5.74, 6) is 1.56. The number of nitrogens with zero attached hydrogens (tertiary/aromatic N) is 3. The number of ether oxygens (including phenoxy) is 1. The van der Waals surface area contributed by atoms with E-state index in [1.165, 1.54) is 21.7 Å². The van der Waals surface area contributed by atoms with E-state index in [0.717, 1.165) is 42.1 Å². The number of rotatable bonds is 5. The fourth-order valence-corrected chi connectivity index (χ4v) is 6.96. The van der Waals surface area contributed by atoms with Gasteiger partial charge in [-0.2, -0.15) is 0 Å². The molecule has 2 aromatic heterocycles.